The van der Waals surface area contributed by atoms with Gasteiger partial charge in [-0.1, -0.05) is 0 Å². The summed E-state index contributed by atoms with van der Waals surface area (Å²) >= 11 is 1.39. The van der Waals surface area contributed by atoms with Crippen LogP contribution in [0.25, 0.3) is 10.2 Å². The Bertz CT molecular complexity index is 484. The van der Waals surface area contributed by atoms with Gasteiger partial charge in [0, 0.05) is 6.07 Å². The molecule has 0 spiro atoms. The van der Waals surface area contributed by atoms with Crippen LogP contribution in [0.4, 0.5) is 0 Å². The molecule has 0 atom stereocenters. The molecule has 4 heteroatoms. The van der Waals surface area contributed by atoms with E-state index in [1.165, 1.54) is 11.3 Å². The number of aromatic nitrogens is 1. The first kappa shape index (κ1) is 8.02. The molecule has 0 unspecified atom stereocenters. The van der Waals surface area contributed by atoms with E-state index >= 15 is 0 Å². The van der Waals surface area contributed by atoms with Crippen molar-refractivity contribution in [1.29, 1.82) is 5.26 Å². The molecule has 3 nitrogen and oxygen atoms in total. The van der Waals surface area contributed by atoms with E-state index in [1.54, 1.807) is 7.11 Å². The number of hydrogen-bond donors (Lipinski definition) is 0. The van der Waals surface area contributed by atoms with Gasteiger partial charge in [0.05, 0.1) is 17.3 Å². The third-order valence-electron chi connectivity index (χ3n) is 1.69. The molecule has 0 aliphatic heterocycles. The molecular formula is C9H6N2OS. The maximum absolute atomic E-state index is 8.63. The Morgan fingerprint density at radius 1 is 1.54 bits per heavy atom. The topological polar surface area (TPSA) is 45.9 Å². The summed E-state index contributed by atoms with van der Waals surface area (Å²) in [4.78, 5) is 4.12. The molecule has 0 saturated carbocycles. The van der Waals surface area contributed by atoms with Gasteiger partial charge >= 0.3 is 0 Å². The second kappa shape index (κ2) is 3.04. The fraction of sp³-hybridized carbons (Fsp3) is 0.111. The molecule has 0 bridgehead atoms. The highest BCUT2D eigenvalue weighted by molar-refractivity contribution is 7.19. The van der Waals surface area contributed by atoms with E-state index < -0.39 is 0 Å². The van der Waals surface area contributed by atoms with E-state index in [-0.39, 0.29) is 0 Å². The third kappa shape index (κ3) is 1.34. The summed E-state index contributed by atoms with van der Waals surface area (Å²) < 4.78 is 6.06. The smallest absolute Gasteiger partial charge is 0.195 e. The van der Waals surface area contributed by atoms with Crippen LogP contribution in [-0.2, 0) is 0 Å². The van der Waals surface area contributed by atoms with Gasteiger partial charge in [-0.05, 0) is 12.1 Å². The van der Waals surface area contributed by atoms with Crippen molar-refractivity contribution in [3.8, 4) is 11.8 Å². The predicted octanol–water partition coefficient (Wildman–Crippen LogP) is 2.18. The fourth-order valence-corrected chi connectivity index (χ4v) is 1.83. The van der Waals surface area contributed by atoms with Crippen LogP contribution in [0.1, 0.15) is 5.01 Å². The lowest BCUT2D eigenvalue weighted by Gasteiger charge is -1.96. The minimum Gasteiger partial charge on any atom is -0.497 e. The molecule has 2 aromatic rings. The van der Waals surface area contributed by atoms with Crippen molar-refractivity contribution in [2.75, 3.05) is 7.11 Å². The molecule has 0 fully saturated rings. The number of methoxy groups -OCH3 is 1. The van der Waals surface area contributed by atoms with E-state index in [1.807, 2.05) is 24.3 Å². The highest BCUT2D eigenvalue weighted by Crippen LogP contribution is 2.25. The molecule has 0 aliphatic carbocycles. The standard InChI is InChI=1S/C9H6N2OS/c1-12-6-2-3-8-7(4-6)11-9(5-10)13-8/h2-4H,1H3. The maximum Gasteiger partial charge on any atom is 0.195 e. The Hall–Kier alpha value is -1.60. The second-order valence-corrected chi connectivity index (χ2v) is 3.50. The summed E-state index contributed by atoms with van der Waals surface area (Å²) in [6.45, 7) is 0. The largest absolute Gasteiger partial charge is 0.497 e. The van der Waals surface area contributed by atoms with Crippen LogP contribution in [0.3, 0.4) is 0 Å². The Balaban J connectivity index is 2.65. The Morgan fingerprint density at radius 3 is 3.08 bits per heavy atom. The number of ether oxygens (including phenoxy) is 1. The summed E-state index contributed by atoms with van der Waals surface area (Å²) in [5.41, 5.74) is 0.820. The van der Waals surface area contributed by atoms with E-state index in [0.717, 1.165) is 16.0 Å². The van der Waals surface area contributed by atoms with Gasteiger partial charge in [0.2, 0.25) is 0 Å². The molecule has 0 saturated heterocycles. The van der Waals surface area contributed by atoms with Crippen molar-refractivity contribution in [2.45, 2.75) is 0 Å². The average Bonchev–Trinajstić information content (AvgIpc) is 2.58. The molecule has 1 heterocycles. The van der Waals surface area contributed by atoms with Crippen molar-refractivity contribution in [3.05, 3.63) is 23.2 Å². The third-order valence-corrected chi connectivity index (χ3v) is 2.63. The van der Waals surface area contributed by atoms with Crippen LogP contribution < -0.4 is 4.74 Å². The summed E-state index contributed by atoms with van der Waals surface area (Å²) in [7, 11) is 1.61. The minimum absolute atomic E-state index is 0.489. The van der Waals surface area contributed by atoms with Crippen LogP contribution in [0.15, 0.2) is 18.2 Å². The number of rotatable bonds is 1. The molecular weight excluding hydrogens is 184 g/mol. The molecule has 13 heavy (non-hydrogen) atoms. The summed E-state index contributed by atoms with van der Waals surface area (Å²) in [5.74, 6) is 0.766. The van der Waals surface area contributed by atoms with Crippen LogP contribution >= 0.6 is 11.3 Å². The van der Waals surface area contributed by atoms with Gasteiger partial charge in [-0.2, -0.15) is 5.26 Å². The zero-order chi connectivity index (χ0) is 9.26. The van der Waals surface area contributed by atoms with Gasteiger partial charge in [0.1, 0.15) is 11.8 Å². The van der Waals surface area contributed by atoms with Gasteiger partial charge in [-0.3, -0.25) is 0 Å². The molecule has 64 valence electrons. The molecule has 0 radical (unpaired) electrons. The normalized spacial score (nSPS) is 9.85. The van der Waals surface area contributed by atoms with Gasteiger partial charge in [-0.25, -0.2) is 4.98 Å². The van der Waals surface area contributed by atoms with Gasteiger partial charge in [0.15, 0.2) is 5.01 Å². The van der Waals surface area contributed by atoms with Crippen LogP contribution in [0.5, 0.6) is 5.75 Å². The quantitative estimate of drug-likeness (QED) is 0.692. The first-order valence-corrected chi connectivity index (χ1v) is 4.50. The summed E-state index contributed by atoms with van der Waals surface area (Å²) in [5, 5.41) is 9.12. The van der Waals surface area contributed by atoms with Crippen molar-refractivity contribution in [2.24, 2.45) is 0 Å². The lowest BCUT2D eigenvalue weighted by Crippen LogP contribution is -1.80. The Labute approximate surface area is 79.2 Å². The minimum atomic E-state index is 0.489. The van der Waals surface area contributed by atoms with Crippen molar-refractivity contribution >= 4 is 21.6 Å². The predicted molar refractivity (Wildman–Crippen MR) is 50.9 cm³/mol. The van der Waals surface area contributed by atoms with E-state index in [2.05, 4.69) is 4.98 Å². The number of thiazole rings is 1. The number of benzene rings is 1. The molecule has 0 amide bonds. The average molecular weight is 190 g/mol. The van der Waals surface area contributed by atoms with E-state index in [4.69, 9.17) is 10.00 Å². The Morgan fingerprint density at radius 2 is 2.38 bits per heavy atom. The van der Waals surface area contributed by atoms with Crippen molar-refractivity contribution in [1.82, 2.24) is 4.98 Å². The SMILES string of the molecule is COc1ccc2sc(C#N)nc2c1. The maximum atomic E-state index is 8.63. The zero-order valence-electron chi connectivity index (χ0n) is 6.94. The number of hydrogen-bond acceptors (Lipinski definition) is 4. The Kier molecular flexibility index (Phi) is 1.87. The van der Waals surface area contributed by atoms with Crippen LogP contribution in [0.2, 0.25) is 0 Å². The lowest BCUT2D eigenvalue weighted by molar-refractivity contribution is 0.415. The lowest BCUT2D eigenvalue weighted by atomic mass is 10.3. The number of nitriles is 1. The van der Waals surface area contributed by atoms with E-state index in [0.29, 0.717) is 5.01 Å². The molecule has 0 aliphatic rings. The van der Waals surface area contributed by atoms with Gasteiger partial charge in [0.25, 0.3) is 0 Å². The fourth-order valence-electron chi connectivity index (χ4n) is 1.08. The van der Waals surface area contributed by atoms with Crippen molar-refractivity contribution < 1.29 is 4.74 Å². The second-order valence-electron chi connectivity index (χ2n) is 2.46. The number of fused-ring (bicyclic) bond motifs is 1. The van der Waals surface area contributed by atoms with Crippen LogP contribution in [0, 0.1) is 11.3 Å². The first-order valence-electron chi connectivity index (χ1n) is 3.68. The molecule has 1 aromatic carbocycles. The van der Waals surface area contributed by atoms with Crippen molar-refractivity contribution in [3.63, 3.8) is 0 Å². The molecule has 1 aromatic heterocycles. The number of nitrogens with zero attached hydrogens (tertiary/aromatic N) is 2. The summed E-state index contributed by atoms with van der Waals surface area (Å²) in [6.07, 6.45) is 0. The zero-order valence-corrected chi connectivity index (χ0v) is 7.76. The highest BCUT2D eigenvalue weighted by atomic mass is 32.1. The molecule has 0 N–H and O–H groups in total. The first-order chi connectivity index (χ1) is 6.33. The van der Waals surface area contributed by atoms with E-state index in [9.17, 15) is 0 Å². The summed E-state index contributed by atoms with van der Waals surface area (Å²) in [6, 6.07) is 7.62. The van der Waals surface area contributed by atoms with Gasteiger partial charge < -0.3 is 4.74 Å². The molecule has 2 rings (SSSR count). The van der Waals surface area contributed by atoms with Crippen LogP contribution in [-0.4, -0.2) is 12.1 Å². The monoisotopic (exact) mass is 190 g/mol. The van der Waals surface area contributed by atoms with Gasteiger partial charge in [-0.15, -0.1) is 11.3 Å². The highest BCUT2D eigenvalue weighted by Gasteiger charge is 2.03.